The highest BCUT2D eigenvalue weighted by atomic mass is 16.5. The minimum Gasteiger partial charge on any atom is -0.381 e. The zero-order valence-corrected chi connectivity index (χ0v) is 12.8. The van der Waals surface area contributed by atoms with Gasteiger partial charge >= 0.3 is 0 Å². The molecule has 4 nitrogen and oxygen atoms in total. The van der Waals surface area contributed by atoms with Gasteiger partial charge in [-0.1, -0.05) is 48.3 Å². The molecule has 1 aliphatic heterocycles. The second-order valence-electron chi connectivity index (χ2n) is 6.50. The molecule has 0 unspecified atom stereocenters. The van der Waals surface area contributed by atoms with Gasteiger partial charge in [-0.2, -0.15) is 4.98 Å². The molecule has 0 bridgehead atoms. The molecule has 0 radical (unpaired) electrons. The molecule has 1 saturated carbocycles. The Morgan fingerprint density at radius 2 is 1.73 bits per heavy atom. The van der Waals surface area contributed by atoms with Crippen LogP contribution in [0.2, 0.25) is 0 Å². The molecular formula is C18H22N2O2. The summed E-state index contributed by atoms with van der Waals surface area (Å²) in [7, 11) is 0. The number of hydrogen-bond acceptors (Lipinski definition) is 4. The minimum absolute atomic E-state index is 0.177. The smallest absolute Gasteiger partial charge is 0.237 e. The van der Waals surface area contributed by atoms with Crippen molar-refractivity contribution in [2.75, 3.05) is 13.2 Å². The summed E-state index contributed by atoms with van der Waals surface area (Å²) >= 11 is 0. The van der Waals surface area contributed by atoms with E-state index in [4.69, 9.17) is 14.2 Å². The van der Waals surface area contributed by atoms with Crippen molar-refractivity contribution >= 4 is 0 Å². The van der Waals surface area contributed by atoms with Gasteiger partial charge in [0.25, 0.3) is 0 Å². The fourth-order valence-electron chi connectivity index (χ4n) is 3.88. The quantitative estimate of drug-likeness (QED) is 0.864. The number of nitrogens with zero attached hydrogens (tertiary/aromatic N) is 2. The second kappa shape index (κ2) is 5.84. The zero-order chi connectivity index (χ0) is 14.8. The van der Waals surface area contributed by atoms with Crippen molar-refractivity contribution in [2.45, 2.75) is 49.9 Å². The molecular weight excluding hydrogens is 276 g/mol. The average molecular weight is 298 g/mol. The summed E-state index contributed by atoms with van der Waals surface area (Å²) in [4.78, 5) is 4.83. The van der Waals surface area contributed by atoms with Crippen molar-refractivity contribution in [3.05, 3.63) is 47.6 Å². The molecule has 4 heteroatoms. The predicted molar refractivity (Wildman–Crippen MR) is 82.8 cm³/mol. The van der Waals surface area contributed by atoms with Gasteiger partial charge < -0.3 is 9.26 Å². The first-order valence-corrected chi connectivity index (χ1v) is 8.36. The lowest BCUT2D eigenvalue weighted by atomic mass is 9.74. The number of rotatable bonds is 3. The third-order valence-corrected chi connectivity index (χ3v) is 5.24. The zero-order valence-electron chi connectivity index (χ0n) is 12.8. The molecule has 2 aromatic rings. The van der Waals surface area contributed by atoms with E-state index in [2.05, 4.69) is 29.4 Å². The third-order valence-electron chi connectivity index (χ3n) is 5.24. The van der Waals surface area contributed by atoms with Crippen LogP contribution in [0.15, 0.2) is 34.9 Å². The topological polar surface area (TPSA) is 48.2 Å². The van der Waals surface area contributed by atoms with Crippen LogP contribution < -0.4 is 0 Å². The second-order valence-corrected chi connectivity index (χ2v) is 6.50. The summed E-state index contributed by atoms with van der Waals surface area (Å²) in [6.07, 6.45) is 6.77. The summed E-state index contributed by atoms with van der Waals surface area (Å²) in [6, 6.07) is 10.6. The first-order valence-electron chi connectivity index (χ1n) is 8.36. The van der Waals surface area contributed by atoms with Gasteiger partial charge in [0, 0.05) is 19.1 Å². The Bertz CT molecular complexity index is 611. The summed E-state index contributed by atoms with van der Waals surface area (Å²) in [5.74, 6) is 2.18. The molecule has 2 heterocycles. The summed E-state index contributed by atoms with van der Waals surface area (Å²) in [5.41, 5.74) is 1.09. The monoisotopic (exact) mass is 298 g/mol. The van der Waals surface area contributed by atoms with E-state index in [1.807, 2.05) is 6.07 Å². The molecule has 116 valence electrons. The van der Waals surface area contributed by atoms with E-state index in [0.717, 1.165) is 37.8 Å². The molecule has 1 aliphatic carbocycles. The highest BCUT2D eigenvalue weighted by Crippen LogP contribution is 2.41. The van der Waals surface area contributed by atoms with Crippen molar-refractivity contribution in [1.82, 2.24) is 10.1 Å². The molecule has 0 amide bonds. The highest BCUT2D eigenvalue weighted by Gasteiger charge is 2.42. The minimum atomic E-state index is -0.177. The molecule has 2 fully saturated rings. The fourth-order valence-corrected chi connectivity index (χ4v) is 3.88. The molecule has 1 aromatic heterocycles. The largest absolute Gasteiger partial charge is 0.381 e. The lowest BCUT2D eigenvalue weighted by molar-refractivity contribution is 0.0523. The van der Waals surface area contributed by atoms with Crippen LogP contribution in [0.5, 0.6) is 0 Å². The summed E-state index contributed by atoms with van der Waals surface area (Å²) < 4.78 is 11.3. The first-order chi connectivity index (χ1) is 10.9. The van der Waals surface area contributed by atoms with Crippen LogP contribution >= 0.6 is 0 Å². The van der Waals surface area contributed by atoms with E-state index < -0.39 is 0 Å². The van der Waals surface area contributed by atoms with Gasteiger partial charge in [0.15, 0.2) is 5.82 Å². The van der Waals surface area contributed by atoms with E-state index in [-0.39, 0.29) is 5.41 Å². The standard InChI is InChI=1S/C18H22N2O2/c1-2-8-15(9-3-1)18(10-12-21-13-11-18)17-19-16(20-22-17)14-6-4-5-7-14/h1-3,8-9,14H,4-7,10-13H2. The third kappa shape index (κ3) is 2.35. The van der Waals surface area contributed by atoms with Crippen LogP contribution in [0.4, 0.5) is 0 Å². The predicted octanol–water partition coefficient (Wildman–Crippen LogP) is 3.82. The average Bonchev–Trinajstić information content (AvgIpc) is 3.28. The van der Waals surface area contributed by atoms with Crippen LogP contribution in [0.1, 0.15) is 61.7 Å². The number of aromatic nitrogens is 2. The van der Waals surface area contributed by atoms with Crippen molar-refractivity contribution in [3.63, 3.8) is 0 Å². The van der Waals surface area contributed by atoms with Gasteiger partial charge in [-0.05, 0) is 31.2 Å². The summed E-state index contributed by atoms with van der Waals surface area (Å²) in [5, 5.41) is 4.32. The molecule has 0 atom stereocenters. The molecule has 0 N–H and O–H groups in total. The maximum atomic E-state index is 5.76. The van der Waals surface area contributed by atoms with Crippen LogP contribution in [-0.2, 0) is 10.2 Å². The number of benzene rings is 1. The van der Waals surface area contributed by atoms with Gasteiger partial charge in [0.1, 0.15) is 0 Å². The molecule has 22 heavy (non-hydrogen) atoms. The first kappa shape index (κ1) is 13.9. The van der Waals surface area contributed by atoms with E-state index in [1.165, 1.54) is 31.2 Å². The normalized spacial score (nSPS) is 22.0. The van der Waals surface area contributed by atoms with Crippen molar-refractivity contribution in [3.8, 4) is 0 Å². The molecule has 2 aliphatic rings. The van der Waals surface area contributed by atoms with E-state index in [1.54, 1.807) is 0 Å². The number of hydrogen-bond donors (Lipinski definition) is 0. The van der Waals surface area contributed by atoms with Gasteiger partial charge in [-0.15, -0.1) is 0 Å². The molecule has 0 spiro atoms. The summed E-state index contributed by atoms with van der Waals surface area (Å²) in [6.45, 7) is 1.49. The Hall–Kier alpha value is -1.68. The highest BCUT2D eigenvalue weighted by molar-refractivity contribution is 5.32. The fraction of sp³-hybridized carbons (Fsp3) is 0.556. The Labute approximate surface area is 130 Å². The van der Waals surface area contributed by atoms with Gasteiger partial charge in [-0.25, -0.2) is 0 Å². The van der Waals surface area contributed by atoms with Crippen LogP contribution in [0, 0.1) is 0 Å². The van der Waals surface area contributed by atoms with Crippen molar-refractivity contribution in [1.29, 1.82) is 0 Å². The molecule has 4 rings (SSSR count). The van der Waals surface area contributed by atoms with Crippen molar-refractivity contribution < 1.29 is 9.26 Å². The van der Waals surface area contributed by atoms with Crippen molar-refractivity contribution in [2.24, 2.45) is 0 Å². The molecule has 1 aromatic carbocycles. The van der Waals surface area contributed by atoms with E-state index >= 15 is 0 Å². The maximum absolute atomic E-state index is 5.76. The number of ether oxygens (including phenoxy) is 1. The lowest BCUT2D eigenvalue weighted by Crippen LogP contribution is -2.35. The van der Waals surface area contributed by atoms with Gasteiger partial charge in [-0.3, -0.25) is 0 Å². The Morgan fingerprint density at radius 3 is 2.45 bits per heavy atom. The lowest BCUT2D eigenvalue weighted by Gasteiger charge is -2.34. The Morgan fingerprint density at radius 1 is 1.00 bits per heavy atom. The van der Waals surface area contributed by atoms with Gasteiger partial charge in [0.2, 0.25) is 5.89 Å². The SMILES string of the molecule is c1ccc(C2(c3nc(C4CCCC4)no3)CCOCC2)cc1. The Balaban J connectivity index is 1.72. The molecule has 1 saturated heterocycles. The van der Waals surface area contributed by atoms with Crippen LogP contribution in [-0.4, -0.2) is 23.4 Å². The maximum Gasteiger partial charge on any atom is 0.237 e. The van der Waals surface area contributed by atoms with E-state index in [0.29, 0.717) is 5.92 Å². The Kier molecular flexibility index (Phi) is 3.70. The van der Waals surface area contributed by atoms with Gasteiger partial charge in [0.05, 0.1) is 5.41 Å². The van der Waals surface area contributed by atoms with Crippen LogP contribution in [0.3, 0.4) is 0 Å². The van der Waals surface area contributed by atoms with E-state index in [9.17, 15) is 0 Å². The van der Waals surface area contributed by atoms with Crippen LogP contribution in [0.25, 0.3) is 0 Å².